The Morgan fingerprint density at radius 3 is 2.36 bits per heavy atom. The second kappa shape index (κ2) is 10.5. The van der Waals surface area contributed by atoms with Crippen molar-refractivity contribution in [1.29, 1.82) is 0 Å². The zero-order valence-corrected chi connectivity index (χ0v) is 21.0. The summed E-state index contributed by atoms with van der Waals surface area (Å²) in [6.45, 7) is 3.55. The summed E-state index contributed by atoms with van der Waals surface area (Å²) in [7, 11) is 0. The average Bonchev–Trinajstić information content (AvgIpc) is 3.18. The van der Waals surface area contributed by atoms with E-state index in [0.29, 0.717) is 27.5 Å². The minimum absolute atomic E-state index is 0.0167. The van der Waals surface area contributed by atoms with Crippen LogP contribution >= 0.6 is 11.6 Å². The average molecular weight is 498 g/mol. The maximum Gasteiger partial charge on any atom is 0.256 e. The lowest BCUT2D eigenvalue weighted by Gasteiger charge is -2.20. The van der Waals surface area contributed by atoms with Crippen LogP contribution in [0.2, 0.25) is 5.02 Å². The minimum Gasteiger partial charge on any atom is -0.339 e. The highest BCUT2D eigenvalue weighted by molar-refractivity contribution is 6.30. The molecule has 1 N–H and O–H groups in total. The van der Waals surface area contributed by atoms with Crippen molar-refractivity contribution in [3.05, 3.63) is 94.5 Å². The molecule has 6 heteroatoms. The molecule has 182 valence electrons. The lowest BCUT2D eigenvalue weighted by Crippen LogP contribution is -2.31. The molecule has 1 aromatic heterocycles. The number of aromatic nitrogens is 1. The number of fused-ring (bicyclic) bond motifs is 1. The van der Waals surface area contributed by atoms with Gasteiger partial charge in [0.25, 0.3) is 11.8 Å². The summed E-state index contributed by atoms with van der Waals surface area (Å²) in [6.07, 6.45) is 4.40. The van der Waals surface area contributed by atoms with Gasteiger partial charge >= 0.3 is 0 Å². The van der Waals surface area contributed by atoms with E-state index in [1.165, 1.54) is 0 Å². The number of anilines is 1. The molecule has 2 amide bonds. The third-order valence-electron chi connectivity index (χ3n) is 6.69. The van der Waals surface area contributed by atoms with E-state index in [1.54, 1.807) is 6.07 Å². The number of para-hydroxylation sites is 1. The Hall–Kier alpha value is -3.70. The number of aryl methyl sites for hydroxylation is 1. The molecule has 0 bridgehead atoms. The molecule has 1 aliphatic heterocycles. The van der Waals surface area contributed by atoms with Gasteiger partial charge in [-0.3, -0.25) is 9.59 Å². The van der Waals surface area contributed by atoms with Gasteiger partial charge in [0.2, 0.25) is 0 Å². The largest absolute Gasteiger partial charge is 0.339 e. The van der Waals surface area contributed by atoms with Crippen LogP contribution in [-0.4, -0.2) is 34.8 Å². The van der Waals surface area contributed by atoms with Crippen molar-refractivity contribution in [3.63, 3.8) is 0 Å². The molecule has 2 heterocycles. The molecule has 1 saturated heterocycles. The van der Waals surface area contributed by atoms with Crippen molar-refractivity contribution < 1.29 is 9.59 Å². The van der Waals surface area contributed by atoms with Crippen LogP contribution in [0.15, 0.2) is 72.8 Å². The summed E-state index contributed by atoms with van der Waals surface area (Å²) in [5, 5.41) is 4.43. The Bertz CT molecular complexity index is 1420. The second-order valence-corrected chi connectivity index (χ2v) is 9.71. The van der Waals surface area contributed by atoms with Crippen molar-refractivity contribution in [3.8, 4) is 11.3 Å². The fourth-order valence-corrected chi connectivity index (χ4v) is 4.86. The van der Waals surface area contributed by atoms with E-state index in [4.69, 9.17) is 16.6 Å². The van der Waals surface area contributed by atoms with Gasteiger partial charge in [0.1, 0.15) is 0 Å². The number of pyridine rings is 1. The molecule has 0 unspecified atom stereocenters. The highest BCUT2D eigenvalue weighted by Crippen LogP contribution is 2.28. The number of hydrogen-bond acceptors (Lipinski definition) is 3. The molecule has 1 aliphatic rings. The Kier molecular flexibility index (Phi) is 7.01. The number of amides is 2. The third kappa shape index (κ3) is 5.12. The standard InChI is InChI=1S/C30H28ClN3O2/c1-20-8-6-11-25-26(19-27(33-28(20)25)21-12-14-23(31)15-13-21)29(35)32-24-10-7-9-22(18-24)30(36)34-16-4-2-3-5-17-34/h6-15,18-19H,2-5,16-17H2,1H3,(H,32,35). The summed E-state index contributed by atoms with van der Waals surface area (Å²) in [4.78, 5) is 33.4. The van der Waals surface area contributed by atoms with Gasteiger partial charge in [-0.2, -0.15) is 0 Å². The van der Waals surface area contributed by atoms with Crippen LogP contribution in [-0.2, 0) is 0 Å². The van der Waals surface area contributed by atoms with Gasteiger partial charge in [-0.05, 0) is 61.7 Å². The third-order valence-corrected chi connectivity index (χ3v) is 6.94. The normalized spacial score (nSPS) is 13.9. The van der Waals surface area contributed by atoms with Crippen LogP contribution in [0.1, 0.15) is 52.0 Å². The summed E-state index contributed by atoms with van der Waals surface area (Å²) >= 11 is 6.07. The van der Waals surface area contributed by atoms with Crippen LogP contribution in [0.4, 0.5) is 5.69 Å². The predicted octanol–water partition coefficient (Wildman–Crippen LogP) is 7.13. The Labute approximate surface area is 216 Å². The van der Waals surface area contributed by atoms with Crippen LogP contribution in [0.25, 0.3) is 22.2 Å². The second-order valence-electron chi connectivity index (χ2n) is 9.27. The van der Waals surface area contributed by atoms with Gasteiger partial charge in [0.15, 0.2) is 0 Å². The number of benzene rings is 3. The molecule has 0 aliphatic carbocycles. The minimum atomic E-state index is -0.248. The molecule has 5 rings (SSSR count). The van der Waals surface area contributed by atoms with E-state index in [0.717, 1.165) is 60.8 Å². The molecule has 0 atom stereocenters. The van der Waals surface area contributed by atoms with Gasteiger partial charge in [0, 0.05) is 40.3 Å². The lowest BCUT2D eigenvalue weighted by molar-refractivity contribution is 0.0761. The molecular weight excluding hydrogens is 470 g/mol. The number of carbonyl (C=O) groups excluding carboxylic acids is 2. The lowest BCUT2D eigenvalue weighted by atomic mass is 10.0. The van der Waals surface area contributed by atoms with Crippen molar-refractivity contribution in [1.82, 2.24) is 9.88 Å². The number of halogens is 1. The zero-order valence-electron chi connectivity index (χ0n) is 20.3. The van der Waals surface area contributed by atoms with Crippen molar-refractivity contribution in [2.24, 2.45) is 0 Å². The van der Waals surface area contributed by atoms with Gasteiger partial charge < -0.3 is 10.2 Å². The number of nitrogens with one attached hydrogen (secondary N) is 1. The number of hydrogen-bond donors (Lipinski definition) is 1. The van der Waals surface area contributed by atoms with Gasteiger partial charge in [-0.15, -0.1) is 0 Å². The van der Waals surface area contributed by atoms with Crippen molar-refractivity contribution in [2.45, 2.75) is 32.6 Å². The number of nitrogens with zero attached hydrogens (tertiary/aromatic N) is 2. The predicted molar refractivity (Wildman–Crippen MR) is 146 cm³/mol. The van der Waals surface area contributed by atoms with Crippen LogP contribution in [0.5, 0.6) is 0 Å². The monoisotopic (exact) mass is 497 g/mol. The van der Waals surface area contributed by atoms with Crippen LogP contribution in [0, 0.1) is 6.92 Å². The molecule has 0 spiro atoms. The number of rotatable bonds is 4. The quantitative estimate of drug-likeness (QED) is 0.326. The molecule has 3 aromatic carbocycles. The molecule has 0 radical (unpaired) electrons. The molecule has 5 nitrogen and oxygen atoms in total. The molecule has 4 aromatic rings. The highest BCUT2D eigenvalue weighted by atomic mass is 35.5. The maximum atomic E-state index is 13.5. The first kappa shape index (κ1) is 24.0. The van der Waals surface area contributed by atoms with E-state index in [1.807, 2.05) is 78.6 Å². The highest BCUT2D eigenvalue weighted by Gasteiger charge is 2.19. The topological polar surface area (TPSA) is 62.3 Å². The first-order valence-corrected chi connectivity index (χ1v) is 12.7. The Balaban J connectivity index is 1.47. The summed E-state index contributed by atoms with van der Waals surface area (Å²) in [5.41, 5.74) is 5.05. The maximum absolute atomic E-state index is 13.5. The van der Waals surface area contributed by atoms with Gasteiger partial charge in [0.05, 0.1) is 16.8 Å². The summed E-state index contributed by atoms with van der Waals surface area (Å²) < 4.78 is 0. The van der Waals surface area contributed by atoms with E-state index in [2.05, 4.69) is 5.32 Å². The van der Waals surface area contributed by atoms with Gasteiger partial charge in [-0.1, -0.05) is 60.8 Å². The fraction of sp³-hybridized carbons (Fsp3) is 0.233. The SMILES string of the molecule is Cc1cccc2c(C(=O)Nc3cccc(C(=O)N4CCCCCC4)c3)cc(-c3ccc(Cl)cc3)nc12. The van der Waals surface area contributed by atoms with E-state index in [9.17, 15) is 9.59 Å². The molecule has 0 saturated carbocycles. The van der Waals surface area contributed by atoms with Gasteiger partial charge in [-0.25, -0.2) is 4.98 Å². The number of carbonyl (C=O) groups is 2. The van der Waals surface area contributed by atoms with Crippen molar-refractivity contribution >= 4 is 40.0 Å². The first-order valence-electron chi connectivity index (χ1n) is 12.4. The summed E-state index contributed by atoms with van der Waals surface area (Å²) in [6, 6.07) is 22.3. The summed E-state index contributed by atoms with van der Waals surface area (Å²) in [5.74, 6) is -0.231. The van der Waals surface area contributed by atoms with E-state index in [-0.39, 0.29) is 11.8 Å². The van der Waals surface area contributed by atoms with E-state index < -0.39 is 0 Å². The fourth-order valence-electron chi connectivity index (χ4n) is 4.73. The molecule has 1 fully saturated rings. The molecule has 36 heavy (non-hydrogen) atoms. The van der Waals surface area contributed by atoms with Crippen molar-refractivity contribution in [2.75, 3.05) is 18.4 Å². The van der Waals surface area contributed by atoms with Crippen LogP contribution < -0.4 is 5.32 Å². The Morgan fingerprint density at radius 2 is 1.61 bits per heavy atom. The smallest absolute Gasteiger partial charge is 0.256 e. The zero-order chi connectivity index (χ0) is 25.1. The number of likely N-dealkylation sites (tertiary alicyclic amines) is 1. The van der Waals surface area contributed by atoms with E-state index >= 15 is 0 Å². The first-order chi connectivity index (χ1) is 17.5. The van der Waals surface area contributed by atoms with Crippen LogP contribution in [0.3, 0.4) is 0 Å². The molecular formula is C30H28ClN3O2. The Morgan fingerprint density at radius 1 is 0.889 bits per heavy atom.